The highest BCUT2D eigenvalue weighted by Crippen LogP contribution is 2.31. The molecule has 1 heterocycles. The van der Waals surface area contributed by atoms with E-state index in [4.69, 9.17) is 0 Å². The third-order valence-electron chi connectivity index (χ3n) is 5.36. The van der Waals surface area contributed by atoms with Gasteiger partial charge < -0.3 is 0 Å². The molecule has 0 aromatic carbocycles. The van der Waals surface area contributed by atoms with Gasteiger partial charge in [-0.25, -0.2) is 9.97 Å². The molecule has 2 nitrogen and oxygen atoms in total. The Morgan fingerprint density at radius 1 is 1.15 bits per heavy atom. The van der Waals surface area contributed by atoms with Crippen LogP contribution in [0.1, 0.15) is 89.4 Å². The van der Waals surface area contributed by atoms with Crippen LogP contribution in [-0.2, 0) is 0 Å². The van der Waals surface area contributed by atoms with Gasteiger partial charge in [0.1, 0.15) is 0 Å². The average Bonchev–Trinajstić information content (AvgIpc) is 2.94. The van der Waals surface area contributed by atoms with Crippen LogP contribution in [0.4, 0.5) is 0 Å². The van der Waals surface area contributed by atoms with Crippen molar-refractivity contribution in [2.45, 2.75) is 78.1 Å². The molecule has 1 aliphatic carbocycles. The van der Waals surface area contributed by atoms with Crippen LogP contribution in [-0.4, -0.2) is 9.97 Å². The van der Waals surface area contributed by atoms with E-state index in [2.05, 4.69) is 48.6 Å². The number of hydrogen-bond acceptors (Lipinski definition) is 2. The van der Waals surface area contributed by atoms with Gasteiger partial charge in [0, 0.05) is 23.5 Å². The van der Waals surface area contributed by atoms with Gasteiger partial charge in [-0.15, -0.1) is 0 Å². The largest absolute Gasteiger partial charge is 0.236 e. The second kappa shape index (κ2) is 12.4. The minimum Gasteiger partial charge on any atom is -0.236 e. The molecule has 0 radical (unpaired) electrons. The molecule has 0 fully saturated rings. The Hall–Kier alpha value is -1.96. The van der Waals surface area contributed by atoms with Crippen molar-refractivity contribution in [3.8, 4) is 0 Å². The number of hydrogen-bond donors (Lipinski definition) is 0. The summed E-state index contributed by atoms with van der Waals surface area (Å²) >= 11 is 0. The lowest BCUT2D eigenvalue weighted by atomic mass is 9.92. The fourth-order valence-corrected chi connectivity index (χ4v) is 3.73. The van der Waals surface area contributed by atoms with Crippen LogP contribution in [0.15, 0.2) is 49.4 Å². The van der Waals surface area contributed by atoms with Crippen molar-refractivity contribution in [3.63, 3.8) is 0 Å². The molecular formula is C25H36N2. The summed E-state index contributed by atoms with van der Waals surface area (Å²) in [6, 6.07) is 0. The summed E-state index contributed by atoms with van der Waals surface area (Å²) in [4.78, 5) is 9.25. The van der Waals surface area contributed by atoms with Gasteiger partial charge in [0.05, 0.1) is 0 Å². The Kier molecular flexibility index (Phi) is 9.83. The van der Waals surface area contributed by atoms with Gasteiger partial charge >= 0.3 is 0 Å². The molecule has 0 N–H and O–H groups in total. The molecule has 1 atom stereocenters. The maximum atomic E-state index is 4.63. The van der Waals surface area contributed by atoms with Crippen LogP contribution in [0, 0.1) is 5.92 Å². The lowest BCUT2D eigenvalue weighted by molar-refractivity contribution is 0.412. The molecule has 0 saturated carbocycles. The summed E-state index contributed by atoms with van der Waals surface area (Å²) in [5.74, 6) is 1.66. The van der Waals surface area contributed by atoms with Crippen LogP contribution in [0.25, 0.3) is 11.1 Å². The van der Waals surface area contributed by atoms with Gasteiger partial charge in [0.15, 0.2) is 5.82 Å². The average molecular weight is 365 g/mol. The Labute approximate surface area is 166 Å². The standard InChI is InChI=1S/C25H36N2/c1-4-7-9-10-13-21-14-11-16-22(18-17-21)24-19-26-25(27-20-24)23(12-6-3)15-8-5-2/h6,8,12,15-16,19-21H,3-5,7,9-11,13-14,17-18H2,1-2H3/b15-8-,23-12+/t21-/m1/s1. The summed E-state index contributed by atoms with van der Waals surface area (Å²) in [6.07, 6.45) is 27.3. The van der Waals surface area contributed by atoms with Crippen LogP contribution < -0.4 is 0 Å². The van der Waals surface area contributed by atoms with E-state index in [0.29, 0.717) is 0 Å². The molecule has 27 heavy (non-hydrogen) atoms. The molecule has 2 rings (SSSR count). The van der Waals surface area contributed by atoms with E-state index in [0.717, 1.165) is 30.2 Å². The first-order valence-electron chi connectivity index (χ1n) is 10.8. The SMILES string of the molecule is C=C/C=C(\C=C/CC)c1ncc(C2=CCC[C@@H](CCCCCC)CC2)cn1. The minimum atomic E-state index is 0.770. The first-order chi connectivity index (χ1) is 13.3. The van der Waals surface area contributed by atoms with Crippen molar-refractivity contribution >= 4 is 11.1 Å². The van der Waals surface area contributed by atoms with Crippen molar-refractivity contribution < 1.29 is 0 Å². The number of unbranched alkanes of at least 4 members (excludes halogenated alkanes) is 3. The highest BCUT2D eigenvalue weighted by molar-refractivity contribution is 5.71. The predicted octanol–water partition coefficient (Wildman–Crippen LogP) is 7.56. The molecule has 0 aliphatic heterocycles. The van der Waals surface area contributed by atoms with Crippen molar-refractivity contribution in [1.29, 1.82) is 0 Å². The fraction of sp³-hybridized carbons (Fsp3) is 0.520. The van der Waals surface area contributed by atoms with Gasteiger partial charge in [-0.2, -0.15) is 0 Å². The third kappa shape index (κ3) is 7.28. The Morgan fingerprint density at radius 3 is 2.67 bits per heavy atom. The van der Waals surface area contributed by atoms with Crippen molar-refractivity contribution in [1.82, 2.24) is 9.97 Å². The lowest BCUT2D eigenvalue weighted by Crippen LogP contribution is -1.99. The maximum absolute atomic E-state index is 4.63. The van der Waals surface area contributed by atoms with Crippen LogP contribution >= 0.6 is 0 Å². The molecule has 146 valence electrons. The summed E-state index contributed by atoms with van der Waals surface area (Å²) in [6.45, 7) is 8.21. The fourth-order valence-electron chi connectivity index (χ4n) is 3.73. The van der Waals surface area contributed by atoms with E-state index in [9.17, 15) is 0 Å². The van der Waals surface area contributed by atoms with Gasteiger partial charge in [-0.1, -0.05) is 82.9 Å². The number of rotatable bonds is 10. The molecule has 1 aliphatic rings. The summed E-state index contributed by atoms with van der Waals surface area (Å²) < 4.78 is 0. The molecule has 0 unspecified atom stereocenters. The number of aromatic nitrogens is 2. The topological polar surface area (TPSA) is 25.8 Å². The Morgan fingerprint density at radius 2 is 1.96 bits per heavy atom. The van der Waals surface area contributed by atoms with E-state index < -0.39 is 0 Å². The third-order valence-corrected chi connectivity index (χ3v) is 5.36. The normalized spacial score (nSPS) is 18.4. The van der Waals surface area contributed by atoms with Crippen LogP contribution in [0.2, 0.25) is 0 Å². The van der Waals surface area contributed by atoms with E-state index in [1.165, 1.54) is 62.5 Å². The van der Waals surface area contributed by atoms with E-state index in [1.54, 1.807) is 6.08 Å². The number of nitrogens with zero attached hydrogens (tertiary/aromatic N) is 2. The Balaban J connectivity index is 1.96. The molecule has 0 spiro atoms. The monoisotopic (exact) mass is 364 g/mol. The predicted molar refractivity (Wildman–Crippen MR) is 118 cm³/mol. The number of allylic oxidation sites excluding steroid dienone is 7. The van der Waals surface area contributed by atoms with Crippen LogP contribution in [0.5, 0.6) is 0 Å². The van der Waals surface area contributed by atoms with E-state index in [1.807, 2.05) is 18.5 Å². The van der Waals surface area contributed by atoms with Crippen molar-refractivity contribution in [2.24, 2.45) is 5.92 Å². The molecule has 1 aromatic heterocycles. The first kappa shape index (κ1) is 21.3. The first-order valence-corrected chi connectivity index (χ1v) is 10.8. The zero-order valence-electron chi connectivity index (χ0n) is 17.3. The maximum Gasteiger partial charge on any atom is 0.159 e. The second-order valence-corrected chi connectivity index (χ2v) is 7.52. The van der Waals surface area contributed by atoms with Crippen molar-refractivity contribution in [3.05, 3.63) is 60.7 Å². The van der Waals surface area contributed by atoms with Gasteiger partial charge in [0.25, 0.3) is 0 Å². The molecule has 1 aromatic rings. The van der Waals surface area contributed by atoms with Gasteiger partial charge in [-0.3, -0.25) is 0 Å². The highest BCUT2D eigenvalue weighted by Gasteiger charge is 2.14. The highest BCUT2D eigenvalue weighted by atomic mass is 14.9. The molecular weight excluding hydrogens is 328 g/mol. The molecule has 0 bridgehead atoms. The summed E-state index contributed by atoms with van der Waals surface area (Å²) in [7, 11) is 0. The quantitative estimate of drug-likeness (QED) is 0.316. The molecule has 0 amide bonds. The smallest absolute Gasteiger partial charge is 0.159 e. The van der Waals surface area contributed by atoms with E-state index >= 15 is 0 Å². The summed E-state index contributed by atoms with van der Waals surface area (Å²) in [5, 5.41) is 0. The lowest BCUT2D eigenvalue weighted by Gasteiger charge is -2.14. The van der Waals surface area contributed by atoms with Crippen molar-refractivity contribution in [2.75, 3.05) is 0 Å². The summed E-state index contributed by atoms with van der Waals surface area (Å²) in [5.41, 5.74) is 3.62. The Bertz CT molecular complexity index is 649. The van der Waals surface area contributed by atoms with E-state index in [-0.39, 0.29) is 0 Å². The van der Waals surface area contributed by atoms with Gasteiger partial charge in [-0.05, 0) is 43.6 Å². The zero-order chi connectivity index (χ0) is 19.3. The van der Waals surface area contributed by atoms with Gasteiger partial charge in [0.2, 0.25) is 0 Å². The zero-order valence-corrected chi connectivity index (χ0v) is 17.3. The second-order valence-electron chi connectivity index (χ2n) is 7.52. The molecule has 0 saturated heterocycles. The van der Waals surface area contributed by atoms with Crippen LogP contribution in [0.3, 0.4) is 0 Å². The molecule has 2 heteroatoms. The minimum absolute atomic E-state index is 0.770.